The number of nitrogens with zero attached hydrogens (tertiary/aromatic N) is 1. The molecule has 0 saturated carbocycles. The Hall–Kier alpha value is -0.650. The van der Waals surface area contributed by atoms with Gasteiger partial charge in [0.15, 0.2) is 0 Å². The van der Waals surface area contributed by atoms with Gasteiger partial charge < -0.3 is 20.1 Å². The molecule has 0 aromatic rings. The van der Waals surface area contributed by atoms with Gasteiger partial charge >= 0.3 is 0 Å². The lowest BCUT2D eigenvalue weighted by atomic mass is 10.0. The van der Waals surface area contributed by atoms with Crippen LogP contribution in [0.5, 0.6) is 0 Å². The van der Waals surface area contributed by atoms with Crippen molar-refractivity contribution in [2.24, 2.45) is 5.92 Å². The first kappa shape index (κ1) is 13.8. The molecule has 2 saturated heterocycles. The van der Waals surface area contributed by atoms with E-state index in [-0.39, 0.29) is 30.6 Å². The number of carbonyl (C=O) groups is 1. The minimum atomic E-state index is -0.326. The average Bonchev–Trinajstić information content (AvgIpc) is 2.87. The number of amides is 1. The number of ether oxygens (including phenoxy) is 1. The molecule has 2 aliphatic heterocycles. The van der Waals surface area contributed by atoms with Crippen LogP contribution in [0, 0.1) is 5.92 Å². The molecule has 2 rings (SSSR count). The number of hydrogen-bond donors (Lipinski definition) is 2. The number of carbonyl (C=O) groups excluding carboxylic acids is 1. The standard InChI is InChI=1S/C13H24N2O3/c1-10(16)11-4-7-15(8-11)13(17)9-18-12-2-5-14-6-3-12/h10-12,14,16H,2-9H2,1H3. The summed E-state index contributed by atoms with van der Waals surface area (Å²) in [6.45, 7) is 5.37. The van der Waals surface area contributed by atoms with Crippen LogP contribution in [0.1, 0.15) is 26.2 Å². The monoisotopic (exact) mass is 256 g/mol. The molecule has 2 unspecified atom stereocenters. The molecule has 0 aromatic heterocycles. The van der Waals surface area contributed by atoms with Crippen LogP contribution in [-0.2, 0) is 9.53 Å². The fourth-order valence-corrected chi connectivity index (χ4v) is 2.65. The second kappa shape index (κ2) is 6.50. The summed E-state index contributed by atoms with van der Waals surface area (Å²) in [6.07, 6.45) is 2.78. The summed E-state index contributed by atoms with van der Waals surface area (Å²) < 4.78 is 5.66. The summed E-state index contributed by atoms with van der Waals surface area (Å²) in [5.41, 5.74) is 0. The summed E-state index contributed by atoms with van der Waals surface area (Å²) >= 11 is 0. The van der Waals surface area contributed by atoms with Gasteiger partial charge in [-0.1, -0.05) is 0 Å². The molecule has 2 fully saturated rings. The highest BCUT2D eigenvalue weighted by Gasteiger charge is 2.29. The maximum Gasteiger partial charge on any atom is 0.248 e. The summed E-state index contributed by atoms with van der Waals surface area (Å²) in [6, 6.07) is 0. The van der Waals surface area contributed by atoms with Gasteiger partial charge in [0, 0.05) is 19.0 Å². The van der Waals surface area contributed by atoms with E-state index < -0.39 is 0 Å². The first-order valence-corrected chi connectivity index (χ1v) is 6.95. The third-order valence-electron chi connectivity index (χ3n) is 3.99. The molecule has 2 heterocycles. The first-order chi connectivity index (χ1) is 8.66. The van der Waals surface area contributed by atoms with E-state index in [2.05, 4.69) is 5.32 Å². The zero-order valence-corrected chi connectivity index (χ0v) is 11.1. The molecule has 104 valence electrons. The van der Waals surface area contributed by atoms with E-state index in [1.165, 1.54) is 0 Å². The maximum absolute atomic E-state index is 12.0. The smallest absolute Gasteiger partial charge is 0.248 e. The number of piperidine rings is 1. The molecule has 1 amide bonds. The molecule has 0 radical (unpaired) electrons. The van der Waals surface area contributed by atoms with E-state index in [9.17, 15) is 9.90 Å². The molecule has 18 heavy (non-hydrogen) atoms. The zero-order valence-electron chi connectivity index (χ0n) is 11.1. The second-order valence-corrected chi connectivity index (χ2v) is 5.39. The van der Waals surface area contributed by atoms with Gasteiger partial charge in [0.1, 0.15) is 6.61 Å². The van der Waals surface area contributed by atoms with Crippen LogP contribution in [0.2, 0.25) is 0 Å². The summed E-state index contributed by atoms with van der Waals surface area (Å²) in [5, 5.41) is 12.8. The average molecular weight is 256 g/mol. The second-order valence-electron chi connectivity index (χ2n) is 5.39. The van der Waals surface area contributed by atoms with Gasteiger partial charge in [-0.3, -0.25) is 4.79 Å². The molecule has 0 aromatic carbocycles. The Balaban J connectivity index is 1.68. The highest BCUT2D eigenvalue weighted by Crippen LogP contribution is 2.19. The molecule has 2 aliphatic rings. The normalized spacial score (nSPS) is 27.4. The molecular formula is C13H24N2O3. The lowest BCUT2D eigenvalue weighted by Crippen LogP contribution is -2.37. The van der Waals surface area contributed by atoms with E-state index in [1.54, 1.807) is 6.92 Å². The minimum Gasteiger partial charge on any atom is -0.393 e. The van der Waals surface area contributed by atoms with Crippen LogP contribution in [0.4, 0.5) is 0 Å². The molecule has 0 spiro atoms. The third-order valence-corrected chi connectivity index (χ3v) is 3.99. The number of aliphatic hydroxyl groups is 1. The topological polar surface area (TPSA) is 61.8 Å². The van der Waals surface area contributed by atoms with E-state index in [4.69, 9.17) is 4.74 Å². The Bertz CT molecular complexity index is 277. The van der Waals surface area contributed by atoms with Crippen molar-refractivity contribution in [1.29, 1.82) is 0 Å². The van der Waals surface area contributed by atoms with Crippen LogP contribution in [-0.4, -0.2) is 60.9 Å². The van der Waals surface area contributed by atoms with Crippen LogP contribution >= 0.6 is 0 Å². The predicted molar refractivity (Wildman–Crippen MR) is 68.2 cm³/mol. The quantitative estimate of drug-likeness (QED) is 0.742. The van der Waals surface area contributed by atoms with Gasteiger partial charge in [-0.25, -0.2) is 0 Å². The Morgan fingerprint density at radius 2 is 2.17 bits per heavy atom. The van der Waals surface area contributed by atoms with Crippen molar-refractivity contribution in [1.82, 2.24) is 10.2 Å². The van der Waals surface area contributed by atoms with Gasteiger partial charge in [0.2, 0.25) is 5.91 Å². The van der Waals surface area contributed by atoms with Gasteiger partial charge in [0.05, 0.1) is 12.2 Å². The fraction of sp³-hybridized carbons (Fsp3) is 0.923. The van der Waals surface area contributed by atoms with Crippen molar-refractivity contribution in [3.05, 3.63) is 0 Å². The summed E-state index contributed by atoms with van der Waals surface area (Å²) in [4.78, 5) is 13.8. The van der Waals surface area contributed by atoms with Crippen molar-refractivity contribution >= 4 is 5.91 Å². The van der Waals surface area contributed by atoms with Crippen LogP contribution in [0.15, 0.2) is 0 Å². The number of hydrogen-bond acceptors (Lipinski definition) is 4. The maximum atomic E-state index is 12.0. The van der Waals surface area contributed by atoms with E-state index in [0.717, 1.165) is 38.9 Å². The van der Waals surface area contributed by atoms with Gasteiger partial charge in [-0.15, -0.1) is 0 Å². The van der Waals surface area contributed by atoms with Gasteiger partial charge in [-0.2, -0.15) is 0 Å². The van der Waals surface area contributed by atoms with E-state index in [1.807, 2.05) is 4.90 Å². The molecule has 5 heteroatoms. The number of rotatable bonds is 4. The SMILES string of the molecule is CC(O)C1CCN(C(=O)COC2CCNCC2)C1. The van der Waals surface area contributed by atoms with Gasteiger partial charge in [-0.05, 0) is 39.3 Å². The zero-order chi connectivity index (χ0) is 13.0. The Labute approximate surface area is 108 Å². The molecule has 5 nitrogen and oxygen atoms in total. The summed E-state index contributed by atoms with van der Waals surface area (Å²) in [5.74, 6) is 0.296. The van der Waals surface area contributed by atoms with E-state index in [0.29, 0.717) is 6.54 Å². The van der Waals surface area contributed by atoms with E-state index >= 15 is 0 Å². The van der Waals surface area contributed by atoms with Crippen molar-refractivity contribution in [3.8, 4) is 0 Å². The lowest BCUT2D eigenvalue weighted by Gasteiger charge is -2.24. The Morgan fingerprint density at radius 3 is 2.78 bits per heavy atom. The van der Waals surface area contributed by atoms with Crippen LogP contribution in [0.3, 0.4) is 0 Å². The largest absolute Gasteiger partial charge is 0.393 e. The molecule has 2 N–H and O–H groups in total. The Kier molecular flexibility index (Phi) is 4.97. The van der Waals surface area contributed by atoms with Gasteiger partial charge in [0.25, 0.3) is 0 Å². The molecular weight excluding hydrogens is 232 g/mol. The highest BCUT2D eigenvalue weighted by atomic mass is 16.5. The minimum absolute atomic E-state index is 0.0664. The van der Waals surface area contributed by atoms with Crippen molar-refractivity contribution in [2.45, 2.75) is 38.4 Å². The third kappa shape index (κ3) is 3.67. The summed E-state index contributed by atoms with van der Waals surface area (Å²) in [7, 11) is 0. The number of nitrogens with one attached hydrogen (secondary N) is 1. The first-order valence-electron chi connectivity index (χ1n) is 6.95. The van der Waals surface area contributed by atoms with Crippen molar-refractivity contribution < 1.29 is 14.6 Å². The highest BCUT2D eigenvalue weighted by molar-refractivity contribution is 5.77. The van der Waals surface area contributed by atoms with Crippen molar-refractivity contribution in [2.75, 3.05) is 32.8 Å². The number of aliphatic hydroxyl groups excluding tert-OH is 1. The predicted octanol–water partition coefficient (Wildman–Crippen LogP) is -0.0157. The Morgan fingerprint density at radius 1 is 1.44 bits per heavy atom. The molecule has 2 atom stereocenters. The lowest BCUT2D eigenvalue weighted by molar-refractivity contribution is -0.137. The number of likely N-dealkylation sites (tertiary alicyclic amines) is 1. The van der Waals surface area contributed by atoms with Crippen LogP contribution in [0.25, 0.3) is 0 Å². The molecule has 0 aliphatic carbocycles. The van der Waals surface area contributed by atoms with Crippen LogP contribution < -0.4 is 5.32 Å². The molecule has 0 bridgehead atoms. The fourth-order valence-electron chi connectivity index (χ4n) is 2.65. The van der Waals surface area contributed by atoms with Crippen molar-refractivity contribution in [3.63, 3.8) is 0 Å².